The minimum Gasteiger partial charge on any atom is -0.478 e. The lowest BCUT2D eigenvalue weighted by Gasteiger charge is -2.06. The van der Waals surface area contributed by atoms with Crippen LogP contribution in [-0.4, -0.2) is 16.1 Å². The zero-order valence-corrected chi connectivity index (χ0v) is 9.91. The van der Waals surface area contributed by atoms with Crippen LogP contribution in [0.2, 0.25) is 0 Å². The molecule has 0 bridgehead atoms. The molecule has 0 radical (unpaired) electrons. The average molecular weight is 275 g/mol. The summed E-state index contributed by atoms with van der Waals surface area (Å²) in [4.78, 5) is 26.1. The van der Waals surface area contributed by atoms with Crippen LogP contribution in [0.5, 0.6) is 0 Å². The van der Waals surface area contributed by atoms with Gasteiger partial charge in [0.25, 0.3) is 0 Å². The Bertz CT molecular complexity index is 931. The molecule has 0 amide bonds. The van der Waals surface area contributed by atoms with Gasteiger partial charge < -0.3 is 10.1 Å². The lowest BCUT2D eigenvalue weighted by Crippen LogP contribution is -2.09. The largest absolute Gasteiger partial charge is 0.478 e. The van der Waals surface area contributed by atoms with Crippen LogP contribution in [0.3, 0.4) is 0 Å². The van der Waals surface area contributed by atoms with Gasteiger partial charge in [0.1, 0.15) is 11.6 Å². The number of hydrogen-bond acceptors (Lipinski definition) is 2. The van der Waals surface area contributed by atoms with E-state index >= 15 is 0 Å². The molecule has 2 N–H and O–H groups in total. The zero-order chi connectivity index (χ0) is 14.4. The third-order valence-corrected chi connectivity index (χ3v) is 3.06. The molecule has 0 atom stereocenters. The second-order valence-electron chi connectivity index (χ2n) is 4.33. The Labute approximate surface area is 110 Å². The van der Waals surface area contributed by atoms with E-state index in [1.807, 2.05) is 0 Å². The first-order chi connectivity index (χ1) is 9.47. The SMILES string of the molecule is O=C(O)c1cc(F)cc2c(=O)c3cc(F)ccc3[nH]c12. The fourth-order valence-electron chi connectivity index (χ4n) is 2.18. The summed E-state index contributed by atoms with van der Waals surface area (Å²) in [5, 5.41) is 8.98. The molecule has 3 rings (SSSR count). The summed E-state index contributed by atoms with van der Waals surface area (Å²) in [6, 6.07) is 5.27. The van der Waals surface area contributed by atoms with Gasteiger partial charge in [-0.25, -0.2) is 13.6 Å². The summed E-state index contributed by atoms with van der Waals surface area (Å²) in [5.74, 6) is -2.79. The number of benzene rings is 2. The number of carboxylic acid groups (broad SMARTS) is 1. The summed E-state index contributed by atoms with van der Waals surface area (Å²) in [5.41, 5.74) is -0.653. The number of H-pyrrole nitrogens is 1. The predicted octanol–water partition coefficient (Wildman–Crippen LogP) is 2.66. The van der Waals surface area contributed by atoms with Gasteiger partial charge in [0.05, 0.1) is 11.1 Å². The molecule has 0 aliphatic carbocycles. The van der Waals surface area contributed by atoms with Crippen LogP contribution < -0.4 is 5.43 Å². The number of pyridine rings is 1. The van der Waals surface area contributed by atoms with Gasteiger partial charge in [-0.2, -0.15) is 0 Å². The van der Waals surface area contributed by atoms with Crippen LogP contribution in [0, 0.1) is 11.6 Å². The number of fused-ring (bicyclic) bond motifs is 2. The van der Waals surface area contributed by atoms with E-state index in [-0.39, 0.29) is 27.4 Å². The zero-order valence-electron chi connectivity index (χ0n) is 9.91. The second-order valence-corrected chi connectivity index (χ2v) is 4.33. The van der Waals surface area contributed by atoms with E-state index in [1.165, 1.54) is 6.07 Å². The summed E-state index contributed by atoms with van der Waals surface area (Å²) in [6.07, 6.45) is 0. The van der Waals surface area contributed by atoms with Crippen molar-refractivity contribution in [2.75, 3.05) is 0 Å². The molecule has 0 spiro atoms. The van der Waals surface area contributed by atoms with Gasteiger partial charge in [-0.15, -0.1) is 0 Å². The number of carboxylic acids is 1. The maximum Gasteiger partial charge on any atom is 0.337 e. The topological polar surface area (TPSA) is 70.2 Å². The van der Waals surface area contributed by atoms with E-state index in [4.69, 9.17) is 5.11 Å². The van der Waals surface area contributed by atoms with E-state index in [2.05, 4.69) is 4.98 Å². The maximum absolute atomic E-state index is 13.4. The molecule has 4 nitrogen and oxygen atoms in total. The average Bonchev–Trinajstić information content (AvgIpc) is 2.40. The van der Waals surface area contributed by atoms with E-state index in [0.717, 1.165) is 24.3 Å². The number of aromatic amines is 1. The van der Waals surface area contributed by atoms with Crippen LogP contribution in [0.4, 0.5) is 8.78 Å². The minimum atomic E-state index is -1.35. The molecule has 100 valence electrons. The summed E-state index contributed by atoms with van der Waals surface area (Å²) in [7, 11) is 0. The van der Waals surface area contributed by atoms with E-state index in [1.54, 1.807) is 0 Å². The highest BCUT2D eigenvalue weighted by Crippen LogP contribution is 2.20. The lowest BCUT2D eigenvalue weighted by atomic mass is 10.1. The summed E-state index contributed by atoms with van der Waals surface area (Å²) >= 11 is 0. The van der Waals surface area contributed by atoms with Crippen molar-refractivity contribution in [3.63, 3.8) is 0 Å². The maximum atomic E-state index is 13.4. The molecule has 3 aromatic rings. The predicted molar refractivity (Wildman–Crippen MR) is 69.0 cm³/mol. The van der Waals surface area contributed by atoms with Crippen molar-refractivity contribution in [1.82, 2.24) is 4.98 Å². The normalized spacial score (nSPS) is 11.1. The fourth-order valence-corrected chi connectivity index (χ4v) is 2.18. The van der Waals surface area contributed by atoms with Crippen LogP contribution in [0.1, 0.15) is 10.4 Å². The molecule has 0 aliphatic rings. The van der Waals surface area contributed by atoms with E-state index in [9.17, 15) is 18.4 Å². The van der Waals surface area contributed by atoms with Gasteiger partial charge in [0, 0.05) is 16.3 Å². The number of carbonyl (C=O) groups is 1. The number of aromatic carboxylic acids is 1. The Morgan fingerprint density at radius 3 is 2.45 bits per heavy atom. The van der Waals surface area contributed by atoms with Gasteiger partial charge in [0.2, 0.25) is 0 Å². The monoisotopic (exact) mass is 275 g/mol. The van der Waals surface area contributed by atoms with Gasteiger partial charge in [0.15, 0.2) is 5.43 Å². The van der Waals surface area contributed by atoms with Crippen molar-refractivity contribution < 1.29 is 18.7 Å². The third-order valence-electron chi connectivity index (χ3n) is 3.06. The molecular formula is C14H7F2NO3. The van der Waals surface area contributed by atoms with Crippen LogP contribution in [-0.2, 0) is 0 Å². The molecule has 2 aromatic carbocycles. The Balaban J connectivity index is 2.59. The second kappa shape index (κ2) is 4.12. The highest BCUT2D eigenvalue weighted by atomic mass is 19.1. The van der Waals surface area contributed by atoms with E-state index < -0.39 is 23.0 Å². The molecule has 0 saturated heterocycles. The van der Waals surface area contributed by atoms with Crippen molar-refractivity contribution in [3.8, 4) is 0 Å². The van der Waals surface area contributed by atoms with E-state index in [0.29, 0.717) is 0 Å². The smallest absolute Gasteiger partial charge is 0.337 e. The van der Waals surface area contributed by atoms with Crippen molar-refractivity contribution in [2.45, 2.75) is 0 Å². The lowest BCUT2D eigenvalue weighted by molar-refractivity contribution is 0.0698. The molecule has 1 aromatic heterocycles. The first-order valence-electron chi connectivity index (χ1n) is 5.65. The van der Waals surface area contributed by atoms with Gasteiger partial charge >= 0.3 is 5.97 Å². The fraction of sp³-hybridized carbons (Fsp3) is 0. The Morgan fingerprint density at radius 2 is 1.75 bits per heavy atom. The van der Waals surface area contributed by atoms with Gasteiger partial charge in [-0.3, -0.25) is 4.79 Å². The Hall–Kier alpha value is -2.76. The molecule has 1 heterocycles. The first kappa shape index (κ1) is 12.3. The van der Waals surface area contributed by atoms with Gasteiger partial charge in [-0.05, 0) is 30.3 Å². The number of nitrogens with one attached hydrogen (secondary N) is 1. The molecule has 0 fully saturated rings. The third kappa shape index (κ3) is 1.73. The highest BCUT2D eigenvalue weighted by Gasteiger charge is 2.15. The molecule has 0 unspecified atom stereocenters. The summed E-state index contributed by atoms with van der Waals surface area (Å²) in [6.45, 7) is 0. The van der Waals surface area contributed by atoms with Crippen molar-refractivity contribution in [1.29, 1.82) is 0 Å². The van der Waals surface area contributed by atoms with Crippen molar-refractivity contribution in [2.24, 2.45) is 0 Å². The molecule has 0 aliphatic heterocycles. The van der Waals surface area contributed by atoms with Crippen LogP contribution >= 0.6 is 0 Å². The van der Waals surface area contributed by atoms with Crippen molar-refractivity contribution in [3.05, 3.63) is 57.8 Å². The van der Waals surface area contributed by atoms with Crippen molar-refractivity contribution >= 4 is 27.8 Å². The standard InChI is InChI=1S/C14H7F2NO3/c15-6-1-2-11-8(3-6)13(18)9-4-7(16)5-10(14(19)20)12(9)17-11/h1-5H,(H,17,18)(H,19,20). The Kier molecular flexibility index (Phi) is 2.53. The summed E-state index contributed by atoms with van der Waals surface area (Å²) < 4.78 is 26.6. The molecule has 20 heavy (non-hydrogen) atoms. The first-order valence-corrected chi connectivity index (χ1v) is 5.65. The number of aromatic nitrogens is 1. The quantitative estimate of drug-likeness (QED) is 0.671. The minimum absolute atomic E-state index is 0.0167. The van der Waals surface area contributed by atoms with Crippen LogP contribution in [0.25, 0.3) is 21.8 Å². The number of rotatable bonds is 1. The number of hydrogen-bond donors (Lipinski definition) is 2. The van der Waals surface area contributed by atoms with Gasteiger partial charge in [-0.1, -0.05) is 0 Å². The highest BCUT2D eigenvalue weighted by molar-refractivity contribution is 6.04. The Morgan fingerprint density at radius 1 is 1.05 bits per heavy atom. The molecule has 0 saturated carbocycles. The molecule has 6 heteroatoms. The van der Waals surface area contributed by atoms with Crippen LogP contribution in [0.15, 0.2) is 35.1 Å². The molecular weight excluding hydrogens is 268 g/mol. The number of halogens is 2.